The van der Waals surface area contributed by atoms with Crippen LogP contribution < -0.4 is 10.1 Å². The average Bonchev–Trinajstić information content (AvgIpc) is 2.92. The molecule has 1 unspecified atom stereocenters. The Morgan fingerprint density at radius 1 is 1.43 bits per heavy atom. The number of benzene rings is 1. The van der Waals surface area contributed by atoms with E-state index in [0.717, 1.165) is 17.7 Å². The summed E-state index contributed by atoms with van der Waals surface area (Å²) in [5, 5.41) is 6.45. The maximum atomic E-state index is 11.9. The molecule has 0 spiro atoms. The fraction of sp³-hybridized carbons (Fsp3) is 0.400. The number of rotatable bonds is 6. The maximum absolute atomic E-state index is 11.9. The highest BCUT2D eigenvalue weighted by atomic mass is 16.5. The van der Waals surface area contributed by atoms with Gasteiger partial charge >= 0.3 is 0 Å². The van der Waals surface area contributed by atoms with E-state index in [-0.39, 0.29) is 18.6 Å². The lowest BCUT2D eigenvalue weighted by atomic mass is 10.1. The standard InChI is InChI=1S/C15H19N3O3/c1-4-12-7-5-6-8-13(12)20-9-14(19)16-10(2)15-17-11(3)18-21-15/h5-8,10H,4,9H2,1-3H3,(H,16,19). The molecule has 0 saturated heterocycles. The second kappa shape index (κ2) is 6.88. The van der Waals surface area contributed by atoms with Gasteiger partial charge in [0.15, 0.2) is 12.4 Å². The smallest absolute Gasteiger partial charge is 0.258 e. The monoisotopic (exact) mass is 289 g/mol. The fourth-order valence-electron chi connectivity index (χ4n) is 1.91. The van der Waals surface area contributed by atoms with Crippen LogP contribution in [0.25, 0.3) is 0 Å². The summed E-state index contributed by atoms with van der Waals surface area (Å²) in [4.78, 5) is 16.0. The number of amides is 1. The molecule has 1 heterocycles. The number of nitrogens with zero attached hydrogens (tertiary/aromatic N) is 2. The van der Waals surface area contributed by atoms with E-state index in [0.29, 0.717) is 11.7 Å². The van der Waals surface area contributed by atoms with E-state index in [4.69, 9.17) is 9.26 Å². The van der Waals surface area contributed by atoms with Crippen LogP contribution in [0.4, 0.5) is 0 Å². The van der Waals surface area contributed by atoms with E-state index < -0.39 is 0 Å². The Labute approximate surface area is 123 Å². The third kappa shape index (κ3) is 4.05. The van der Waals surface area contributed by atoms with Gasteiger partial charge in [-0.1, -0.05) is 30.3 Å². The number of aromatic nitrogens is 2. The zero-order chi connectivity index (χ0) is 15.2. The third-order valence-electron chi connectivity index (χ3n) is 3.00. The number of para-hydroxylation sites is 1. The van der Waals surface area contributed by atoms with Crippen LogP contribution in [0.5, 0.6) is 5.75 Å². The molecule has 0 fully saturated rings. The molecule has 1 N–H and O–H groups in total. The molecular formula is C15H19N3O3. The van der Waals surface area contributed by atoms with Gasteiger partial charge in [0.25, 0.3) is 5.91 Å². The number of carbonyl (C=O) groups is 1. The topological polar surface area (TPSA) is 77.2 Å². The molecule has 0 aliphatic heterocycles. The molecule has 2 aromatic rings. The first kappa shape index (κ1) is 15.0. The normalized spacial score (nSPS) is 12.0. The first-order valence-corrected chi connectivity index (χ1v) is 6.90. The van der Waals surface area contributed by atoms with Gasteiger partial charge in [-0.2, -0.15) is 4.98 Å². The zero-order valence-electron chi connectivity index (χ0n) is 12.4. The lowest BCUT2D eigenvalue weighted by Crippen LogP contribution is -2.31. The molecule has 1 atom stereocenters. The molecule has 6 nitrogen and oxygen atoms in total. The van der Waals surface area contributed by atoms with Gasteiger partial charge in [0.1, 0.15) is 11.8 Å². The molecule has 2 rings (SSSR count). The number of hydrogen-bond acceptors (Lipinski definition) is 5. The molecule has 1 amide bonds. The Balaban J connectivity index is 1.87. The van der Waals surface area contributed by atoms with Crippen molar-refractivity contribution in [3.05, 3.63) is 41.5 Å². The van der Waals surface area contributed by atoms with Crippen LogP contribution >= 0.6 is 0 Å². The Morgan fingerprint density at radius 2 is 2.19 bits per heavy atom. The highest BCUT2D eigenvalue weighted by molar-refractivity contribution is 5.77. The van der Waals surface area contributed by atoms with Gasteiger partial charge < -0.3 is 14.6 Å². The van der Waals surface area contributed by atoms with Crippen molar-refractivity contribution < 1.29 is 14.1 Å². The van der Waals surface area contributed by atoms with Crippen LogP contribution in [-0.4, -0.2) is 22.7 Å². The van der Waals surface area contributed by atoms with Crippen molar-refractivity contribution in [2.45, 2.75) is 33.2 Å². The molecule has 112 valence electrons. The fourth-order valence-corrected chi connectivity index (χ4v) is 1.91. The summed E-state index contributed by atoms with van der Waals surface area (Å²) in [5.74, 6) is 1.43. The Hall–Kier alpha value is -2.37. The number of aryl methyl sites for hydroxylation is 2. The highest BCUT2D eigenvalue weighted by Crippen LogP contribution is 2.18. The Morgan fingerprint density at radius 3 is 2.86 bits per heavy atom. The largest absolute Gasteiger partial charge is 0.483 e. The third-order valence-corrected chi connectivity index (χ3v) is 3.00. The van der Waals surface area contributed by atoms with Crippen LogP contribution in [-0.2, 0) is 11.2 Å². The van der Waals surface area contributed by atoms with Gasteiger partial charge in [-0.25, -0.2) is 0 Å². The minimum atomic E-state index is -0.344. The molecule has 0 bridgehead atoms. The summed E-state index contributed by atoms with van der Waals surface area (Å²) < 4.78 is 10.6. The number of carbonyl (C=O) groups excluding carboxylic acids is 1. The van der Waals surface area contributed by atoms with Crippen LogP contribution in [0.1, 0.15) is 37.2 Å². The summed E-state index contributed by atoms with van der Waals surface area (Å²) in [5.41, 5.74) is 1.07. The molecule has 21 heavy (non-hydrogen) atoms. The van der Waals surface area contributed by atoms with E-state index in [9.17, 15) is 4.79 Å². The SMILES string of the molecule is CCc1ccccc1OCC(=O)NC(C)c1nc(C)no1. The molecule has 0 aliphatic carbocycles. The van der Waals surface area contributed by atoms with Crippen molar-refractivity contribution in [3.8, 4) is 5.75 Å². The summed E-state index contributed by atoms with van der Waals surface area (Å²) in [6.07, 6.45) is 0.857. The van der Waals surface area contributed by atoms with E-state index in [1.54, 1.807) is 13.8 Å². The van der Waals surface area contributed by atoms with Crippen molar-refractivity contribution in [2.24, 2.45) is 0 Å². The molecule has 0 saturated carbocycles. The molecule has 0 radical (unpaired) electrons. The Kier molecular flexibility index (Phi) is 4.92. The van der Waals surface area contributed by atoms with Gasteiger partial charge in [-0.15, -0.1) is 0 Å². The van der Waals surface area contributed by atoms with Crippen molar-refractivity contribution in [1.82, 2.24) is 15.5 Å². The molecule has 1 aromatic carbocycles. The second-order valence-electron chi connectivity index (χ2n) is 4.72. The van der Waals surface area contributed by atoms with E-state index in [2.05, 4.69) is 15.5 Å². The lowest BCUT2D eigenvalue weighted by Gasteiger charge is -2.12. The van der Waals surface area contributed by atoms with Crippen molar-refractivity contribution in [2.75, 3.05) is 6.61 Å². The zero-order valence-corrected chi connectivity index (χ0v) is 12.4. The first-order chi connectivity index (χ1) is 10.1. The van der Waals surface area contributed by atoms with Gasteiger partial charge in [0.2, 0.25) is 5.89 Å². The molecule has 6 heteroatoms. The number of ether oxygens (including phenoxy) is 1. The molecule has 1 aromatic heterocycles. The van der Waals surface area contributed by atoms with Gasteiger partial charge in [-0.05, 0) is 31.9 Å². The highest BCUT2D eigenvalue weighted by Gasteiger charge is 2.16. The molecular weight excluding hydrogens is 270 g/mol. The summed E-state index contributed by atoms with van der Waals surface area (Å²) >= 11 is 0. The van der Waals surface area contributed by atoms with E-state index in [1.165, 1.54) is 0 Å². The van der Waals surface area contributed by atoms with Crippen molar-refractivity contribution >= 4 is 5.91 Å². The summed E-state index contributed by atoms with van der Waals surface area (Å²) in [7, 11) is 0. The molecule has 0 aliphatic rings. The second-order valence-corrected chi connectivity index (χ2v) is 4.72. The van der Waals surface area contributed by atoms with Crippen LogP contribution in [0.2, 0.25) is 0 Å². The quantitative estimate of drug-likeness (QED) is 0.882. The summed E-state index contributed by atoms with van der Waals surface area (Å²) in [6, 6.07) is 7.33. The van der Waals surface area contributed by atoms with Crippen LogP contribution in [0.15, 0.2) is 28.8 Å². The van der Waals surface area contributed by atoms with Gasteiger partial charge in [-0.3, -0.25) is 4.79 Å². The van der Waals surface area contributed by atoms with Crippen LogP contribution in [0.3, 0.4) is 0 Å². The van der Waals surface area contributed by atoms with E-state index >= 15 is 0 Å². The van der Waals surface area contributed by atoms with Crippen LogP contribution in [0, 0.1) is 6.92 Å². The first-order valence-electron chi connectivity index (χ1n) is 6.90. The lowest BCUT2D eigenvalue weighted by molar-refractivity contribution is -0.123. The van der Waals surface area contributed by atoms with Crippen molar-refractivity contribution in [3.63, 3.8) is 0 Å². The maximum Gasteiger partial charge on any atom is 0.258 e. The predicted molar refractivity (Wildman–Crippen MR) is 76.9 cm³/mol. The summed E-state index contributed by atoms with van der Waals surface area (Å²) in [6.45, 7) is 5.51. The van der Waals surface area contributed by atoms with Crippen molar-refractivity contribution in [1.29, 1.82) is 0 Å². The average molecular weight is 289 g/mol. The van der Waals surface area contributed by atoms with Gasteiger partial charge in [0.05, 0.1) is 0 Å². The number of nitrogens with one attached hydrogen (secondary N) is 1. The van der Waals surface area contributed by atoms with Gasteiger partial charge in [0, 0.05) is 0 Å². The minimum absolute atomic E-state index is 0.0472. The van der Waals surface area contributed by atoms with E-state index in [1.807, 2.05) is 31.2 Å². The Bertz CT molecular complexity index is 610. The predicted octanol–water partition coefficient (Wildman–Crippen LogP) is 2.20. The number of hydrogen-bond donors (Lipinski definition) is 1. The minimum Gasteiger partial charge on any atom is -0.483 e.